The van der Waals surface area contributed by atoms with E-state index >= 15 is 0 Å². The number of carbonyl (C=O) groups is 2. The van der Waals surface area contributed by atoms with Crippen LogP contribution in [0.15, 0.2) is 39.5 Å². The Morgan fingerprint density at radius 2 is 2.04 bits per heavy atom. The molecule has 2 aromatic rings. The van der Waals surface area contributed by atoms with Crippen LogP contribution in [0.5, 0.6) is 5.75 Å². The summed E-state index contributed by atoms with van der Waals surface area (Å²) >= 11 is 1.58. The number of amides is 1. The van der Waals surface area contributed by atoms with Crippen molar-refractivity contribution in [1.29, 1.82) is 0 Å². The van der Waals surface area contributed by atoms with Crippen LogP contribution in [0.3, 0.4) is 0 Å². The van der Waals surface area contributed by atoms with Gasteiger partial charge in [0.2, 0.25) is 5.91 Å². The largest absolute Gasteiger partial charge is 0.425 e. The summed E-state index contributed by atoms with van der Waals surface area (Å²) in [7, 11) is 0. The van der Waals surface area contributed by atoms with Crippen molar-refractivity contribution in [1.82, 2.24) is 5.32 Å². The second kappa shape index (κ2) is 7.82. The lowest BCUT2D eigenvalue weighted by Gasteiger charge is -2.16. The van der Waals surface area contributed by atoms with E-state index in [0.29, 0.717) is 17.8 Å². The monoisotopic (exact) mass is 335 g/mol. The second-order valence-electron chi connectivity index (χ2n) is 4.91. The van der Waals surface area contributed by atoms with Crippen LogP contribution in [-0.2, 0) is 9.59 Å². The fourth-order valence-electron chi connectivity index (χ4n) is 2.02. The van der Waals surface area contributed by atoms with E-state index in [1.807, 2.05) is 6.26 Å². The van der Waals surface area contributed by atoms with Gasteiger partial charge in [-0.2, -0.15) is 11.8 Å². The smallest absolute Gasteiger partial charge is 0.336 e. The standard InChI is InChI=1S/C16H17NO5S/c1-10(18)17-13(7-8-23-2)16(20)21-12-5-3-11-4-6-15(19)22-14(11)9-12/h3-6,9,13H,7-8H2,1-2H3,(H,17,18). The van der Waals surface area contributed by atoms with Gasteiger partial charge in [-0.3, -0.25) is 4.79 Å². The van der Waals surface area contributed by atoms with Gasteiger partial charge in [0.1, 0.15) is 17.4 Å². The summed E-state index contributed by atoms with van der Waals surface area (Å²) in [6.07, 6.45) is 2.39. The van der Waals surface area contributed by atoms with Gasteiger partial charge < -0.3 is 14.5 Å². The van der Waals surface area contributed by atoms with Gasteiger partial charge in [0, 0.05) is 24.4 Å². The molecule has 0 saturated carbocycles. The zero-order valence-electron chi connectivity index (χ0n) is 12.8. The summed E-state index contributed by atoms with van der Waals surface area (Å²) in [5.74, 6) is 0.132. The van der Waals surface area contributed by atoms with Crippen LogP contribution < -0.4 is 15.7 Å². The van der Waals surface area contributed by atoms with Gasteiger partial charge in [0.25, 0.3) is 0 Å². The van der Waals surface area contributed by atoms with Crippen molar-refractivity contribution in [3.05, 3.63) is 40.8 Å². The lowest BCUT2D eigenvalue weighted by atomic mass is 10.2. The summed E-state index contributed by atoms with van der Waals surface area (Å²) in [5.41, 5.74) is -0.139. The number of carbonyl (C=O) groups excluding carboxylic acids is 2. The third-order valence-electron chi connectivity index (χ3n) is 3.09. The fourth-order valence-corrected chi connectivity index (χ4v) is 2.49. The maximum atomic E-state index is 12.2. The van der Waals surface area contributed by atoms with Crippen LogP contribution in [-0.4, -0.2) is 29.9 Å². The second-order valence-corrected chi connectivity index (χ2v) is 5.90. The maximum Gasteiger partial charge on any atom is 0.336 e. The molecule has 1 N–H and O–H groups in total. The molecule has 0 aliphatic heterocycles. The van der Waals surface area contributed by atoms with Crippen LogP contribution in [0, 0.1) is 0 Å². The van der Waals surface area contributed by atoms with Gasteiger partial charge in [0.15, 0.2) is 0 Å². The van der Waals surface area contributed by atoms with E-state index in [2.05, 4.69) is 5.32 Å². The molecule has 1 amide bonds. The van der Waals surface area contributed by atoms with E-state index in [4.69, 9.17) is 9.15 Å². The number of nitrogens with one attached hydrogen (secondary N) is 1. The molecule has 23 heavy (non-hydrogen) atoms. The van der Waals surface area contributed by atoms with Crippen LogP contribution in [0.4, 0.5) is 0 Å². The SMILES string of the molecule is CSCCC(NC(C)=O)C(=O)Oc1ccc2ccc(=O)oc2c1. The van der Waals surface area contributed by atoms with Crippen molar-refractivity contribution in [2.45, 2.75) is 19.4 Å². The summed E-state index contributed by atoms with van der Waals surface area (Å²) in [5, 5.41) is 3.31. The quantitative estimate of drug-likeness (QED) is 0.493. The van der Waals surface area contributed by atoms with Crippen LogP contribution in [0.25, 0.3) is 11.0 Å². The third-order valence-corrected chi connectivity index (χ3v) is 3.73. The number of esters is 1. The van der Waals surface area contributed by atoms with E-state index in [-0.39, 0.29) is 11.7 Å². The van der Waals surface area contributed by atoms with Gasteiger partial charge in [-0.25, -0.2) is 9.59 Å². The normalized spacial score (nSPS) is 11.9. The number of thioether (sulfide) groups is 1. The van der Waals surface area contributed by atoms with Gasteiger partial charge in [0.05, 0.1) is 0 Å². The van der Waals surface area contributed by atoms with Crippen molar-refractivity contribution in [2.75, 3.05) is 12.0 Å². The molecule has 0 spiro atoms. The Morgan fingerprint density at radius 3 is 2.74 bits per heavy atom. The molecule has 122 valence electrons. The number of benzene rings is 1. The molecule has 1 aromatic heterocycles. The molecule has 0 fully saturated rings. The van der Waals surface area contributed by atoms with E-state index in [9.17, 15) is 14.4 Å². The Labute approximate surface area is 137 Å². The van der Waals surface area contributed by atoms with Gasteiger partial charge >= 0.3 is 11.6 Å². The van der Waals surface area contributed by atoms with E-state index in [1.165, 1.54) is 19.1 Å². The highest BCUT2D eigenvalue weighted by Gasteiger charge is 2.21. The van der Waals surface area contributed by atoms with Crippen molar-refractivity contribution in [3.63, 3.8) is 0 Å². The molecule has 2 rings (SSSR count). The first-order valence-corrected chi connectivity index (χ1v) is 8.40. The first-order chi connectivity index (χ1) is 11.0. The van der Waals surface area contributed by atoms with Crippen molar-refractivity contribution in [2.24, 2.45) is 0 Å². The molecule has 1 unspecified atom stereocenters. The molecule has 0 saturated heterocycles. The Hall–Kier alpha value is -2.28. The molecule has 0 aliphatic carbocycles. The zero-order chi connectivity index (χ0) is 16.8. The molecule has 6 nitrogen and oxygen atoms in total. The number of hydrogen-bond acceptors (Lipinski definition) is 6. The molecule has 0 radical (unpaired) electrons. The minimum Gasteiger partial charge on any atom is -0.425 e. The average molecular weight is 335 g/mol. The molecule has 1 atom stereocenters. The Kier molecular flexibility index (Phi) is 5.81. The summed E-state index contributed by atoms with van der Waals surface area (Å²) in [6.45, 7) is 1.35. The lowest BCUT2D eigenvalue weighted by molar-refractivity contribution is -0.139. The highest BCUT2D eigenvalue weighted by Crippen LogP contribution is 2.20. The molecule has 1 heterocycles. The topological polar surface area (TPSA) is 85.6 Å². The predicted molar refractivity (Wildman–Crippen MR) is 88.7 cm³/mol. The molecule has 1 aromatic carbocycles. The fraction of sp³-hybridized carbons (Fsp3) is 0.312. The first kappa shape index (κ1) is 17.1. The molecular formula is C16H17NO5S. The van der Waals surface area contributed by atoms with Gasteiger partial charge in [-0.1, -0.05) is 0 Å². The molecule has 0 bridgehead atoms. The number of fused-ring (bicyclic) bond motifs is 1. The summed E-state index contributed by atoms with van der Waals surface area (Å²) in [6, 6.07) is 7.02. The number of ether oxygens (including phenoxy) is 1. The van der Waals surface area contributed by atoms with Crippen LogP contribution >= 0.6 is 11.8 Å². The molecule has 0 aliphatic rings. The minimum absolute atomic E-state index is 0.261. The zero-order valence-corrected chi connectivity index (χ0v) is 13.6. The molecule has 7 heteroatoms. The minimum atomic E-state index is -0.710. The maximum absolute atomic E-state index is 12.2. The van der Waals surface area contributed by atoms with Crippen LogP contribution in [0.2, 0.25) is 0 Å². The Morgan fingerprint density at radius 1 is 1.30 bits per heavy atom. The third kappa shape index (κ3) is 4.85. The van der Waals surface area contributed by atoms with Gasteiger partial charge in [-0.05, 0) is 36.6 Å². The van der Waals surface area contributed by atoms with Crippen molar-refractivity contribution in [3.8, 4) is 5.75 Å². The highest BCUT2D eigenvalue weighted by atomic mass is 32.2. The predicted octanol–water partition coefficient (Wildman–Crippen LogP) is 1.96. The van der Waals surface area contributed by atoms with E-state index in [1.54, 1.807) is 30.0 Å². The van der Waals surface area contributed by atoms with E-state index in [0.717, 1.165) is 5.39 Å². The lowest BCUT2D eigenvalue weighted by Crippen LogP contribution is -2.42. The molecular weight excluding hydrogens is 318 g/mol. The number of rotatable bonds is 6. The van der Waals surface area contributed by atoms with Gasteiger partial charge in [-0.15, -0.1) is 0 Å². The average Bonchev–Trinajstić information content (AvgIpc) is 2.50. The summed E-state index contributed by atoms with van der Waals surface area (Å²) in [4.78, 5) is 34.7. The highest BCUT2D eigenvalue weighted by molar-refractivity contribution is 7.98. The Bertz CT molecular complexity index is 770. The van der Waals surface area contributed by atoms with Crippen molar-refractivity contribution < 1.29 is 18.7 Å². The first-order valence-electron chi connectivity index (χ1n) is 7.01. The van der Waals surface area contributed by atoms with Crippen LogP contribution in [0.1, 0.15) is 13.3 Å². The Balaban J connectivity index is 2.16. The van der Waals surface area contributed by atoms with Crippen molar-refractivity contribution >= 4 is 34.6 Å². The summed E-state index contributed by atoms with van der Waals surface area (Å²) < 4.78 is 10.4. The van der Waals surface area contributed by atoms with E-state index < -0.39 is 17.6 Å². The number of hydrogen-bond donors (Lipinski definition) is 1.